The molecular weight excluding hydrogens is 470 g/mol. The zero-order valence-electron chi connectivity index (χ0n) is 17.1. The Bertz CT molecular complexity index is 1180. The van der Waals surface area contributed by atoms with Gasteiger partial charge in [-0.2, -0.15) is 9.97 Å². The number of amides is 2. The molecule has 1 aromatic heterocycles. The molecule has 0 bridgehead atoms. The summed E-state index contributed by atoms with van der Waals surface area (Å²) in [7, 11) is -5.60. The predicted octanol–water partition coefficient (Wildman–Crippen LogP) is -0.963. The quantitative estimate of drug-likeness (QED) is 0.270. The maximum atomic E-state index is 12.7. The number of carbonyl (C=O) groups is 1. The minimum Gasteiger partial charge on any atom is -0.481 e. The first-order valence-corrected chi connectivity index (χ1v) is 12.0. The van der Waals surface area contributed by atoms with E-state index in [1.807, 2.05) is 0 Å². The fourth-order valence-corrected chi connectivity index (χ4v) is 3.95. The number of benzene rings is 1. The number of ether oxygens (including phenoxy) is 2. The van der Waals surface area contributed by atoms with Crippen molar-refractivity contribution in [2.75, 3.05) is 25.8 Å². The lowest BCUT2D eigenvalue weighted by Gasteiger charge is -2.15. The van der Waals surface area contributed by atoms with Crippen molar-refractivity contribution < 1.29 is 41.3 Å². The largest absolute Gasteiger partial charge is 0.481 e. The average molecular weight is 492 g/mol. The molecule has 0 aliphatic carbocycles. The summed E-state index contributed by atoms with van der Waals surface area (Å²) in [5.41, 5.74) is -0.255. The topological polar surface area (TPSA) is 206 Å². The van der Waals surface area contributed by atoms with E-state index in [1.165, 1.54) is 26.4 Å². The van der Waals surface area contributed by atoms with Crippen LogP contribution in [0.2, 0.25) is 0 Å². The second-order valence-corrected chi connectivity index (χ2v) is 9.66. The van der Waals surface area contributed by atoms with Gasteiger partial charge in [0.05, 0.1) is 31.4 Å². The van der Waals surface area contributed by atoms with E-state index < -0.39 is 42.8 Å². The Kier molecular flexibility index (Phi) is 7.92. The van der Waals surface area contributed by atoms with Crippen molar-refractivity contribution >= 4 is 32.0 Å². The van der Waals surface area contributed by atoms with Crippen molar-refractivity contribution in [1.29, 1.82) is 0 Å². The molecule has 0 saturated heterocycles. The molecule has 0 saturated carbocycles. The summed E-state index contributed by atoms with van der Waals surface area (Å²) in [6.07, 6.45) is -1.27. The van der Waals surface area contributed by atoms with Crippen LogP contribution >= 0.6 is 0 Å². The van der Waals surface area contributed by atoms with Crippen molar-refractivity contribution in [2.45, 2.75) is 17.7 Å². The van der Waals surface area contributed by atoms with Crippen LogP contribution in [0, 0.1) is 0 Å². The Morgan fingerprint density at radius 3 is 2.16 bits per heavy atom. The van der Waals surface area contributed by atoms with Crippen molar-refractivity contribution in [2.24, 2.45) is 0 Å². The zero-order valence-corrected chi connectivity index (χ0v) is 18.7. The number of carbonyl (C=O) groups excluding carboxylic acids is 1. The summed E-state index contributed by atoms with van der Waals surface area (Å²) in [6.45, 7) is -0.271. The average Bonchev–Trinajstić information content (AvgIpc) is 2.70. The lowest BCUT2D eigenvalue weighted by Crippen LogP contribution is -2.35. The summed E-state index contributed by atoms with van der Waals surface area (Å²) in [6, 6.07) is 3.42. The van der Waals surface area contributed by atoms with Gasteiger partial charge < -0.3 is 19.7 Å². The lowest BCUT2D eigenvalue weighted by molar-refractivity contribution is -0.0446. The van der Waals surface area contributed by atoms with Crippen molar-refractivity contribution in [3.63, 3.8) is 0 Å². The molecule has 0 unspecified atom stereocenters. The number of urea groups is 1. The van der Waals surface area contributed by atoms with Crippen LogP contribution in [0.1, 0.15) is 17.4 Å². The number of aliphatic hydroxyl groups excluding tert-OH is 1. The van der Waals surface area contributed by atoms with E-state index in [9.17, 15) is 31.8 Å². The molecule has 0 aliphatic rings. The van der Waals surface area contributed by atoms with Crippen LogP contribution < -0.4 is 24.2 Å². The summed E-state index contributed by atoms with van der Waals surface area (Å²) >= 11 is 0. The van der Waals surface area contributed by atoms with E-state index in [0.29, 0.717) is 0 Å². The maximum Gasteiger partial charge on any atom is 0.335 e. The van der Waals surface area contributed by atoms with Gasteiger partial charge >= 0.3 is 6.03 Å². The van der Waals surface area contributed by atoms with Crippen LogP contribution in [0.15, 0.2) is 29.2 Å². The number of anilines is 1. The third kappa shape index (κ3) is 6.99. The highest BCUT2D eigenvalue weighted by atomic mass is 32.2. The van der Waals surface area contributed by atoms with Gasteiger partial charge in [0.15, 0.2) is 6.29 Å². The van der Waals surface area contributed by atoms with Crippen LogP contribution in [0.3, 0.4) is 0 Å². The molecule has 2 rings (SSSR count). The molecule has 0 spiro atoms. The standard InChI is InChI=1S/C16H21N5O9S2/c1-29-12-7-13(30-2)19-15(18-12)20-16(24)21-32(27,28)11-6-9(8-17-31(3,25)26)4-5-10(11)14(22)23/h4-7,14,17,22-23H,8H2,1-3H3,(H2,18,19,20,21,24). The highest BCUT2D eigenvalue weighted by Crippen LogP contribution is 2.23. The van der Waals surface area contributed by atoms with Crippen LogP contribution in [0.4, 0.5) is 10.7 Å². The van der Waals surface area contributed by atoms with E-state index in [0.717, 1.165) is 18.4 Å². The van der Waals surface area contributed by atoms with Gasteiger partial charge in [0, 0.05) is 12.1 Å². The molecule has 16 heteroatoms. The van der Waals surface area contributed by atoms with Gasteiger partial charge in [-0.1, -0.05) is 12.1 Å². The summed E-state index contributed by atoms with van der Waals surface area (Å²) in [5, 5.41) is 21.1. The number of aromatic nitrogens is 2. The number of aliphatic hydroxyl groups is 2. The maximum absolute atomic E-state index is 12.7. The molecule has 2 aromatic rings. The third-order valence-corrected chi connectivity index (χ3v) is 5.79. The van der Waals surface area contributed by atoms with Crippen molar-refractivity contribution in [3.8, 4) is 11.8 Å². The molecule has 32 heavy (non-hydrogen) atoms. The number of sulfonamides is 2. The van der Waals surface area contributed by atoms with Gasteiger partial charge in [-0.15, -0.1) is 0 Å². The number of rotatable bonds is 9. The molecule has 176 valence electrons. The fourth-order valence-electron chi connectivity index (χ4n) is 2.32. The zero-order chi connectivity index (χ0) is 24.1. The Morgan fingerprint density at radius 1 is 1.06 bits per heavy atom. The number of methoxy groups -OCH3 is 2. The molecule has 1 aromatic carbocycles. The molecule has 5 N–H and O–H groups in total. The van der Waals surface area contributed by atoms with E-state index in [4.69, 9.17) is 9.47 Å². The molecule has 0 radical (unpaired) electrons. The fraction of sp³-hybridized carbons (Fsp3) is 0.312. The minimum atomic E-state index is -4.64. The van der Waals surface area contributed by atoms with E-state index in [-0.39, 0.29) is 29.8 Å². The Balaban J connectivity index is 2.30. The normalized spacial score (nSPS) is 11.8. The van der Waals surface area contributed by atoms with Gasteiger partial charge in [0.1, 0.15) is 0 Å². The number of nitrogens with one attached hydrogen (secondary N) is 3. The van der Waals surface area contributed by atoms with E-state index >= 15 is 0 Å². The summed E-state index contributed by atoms with van der Waals surface area (Å²) < 4.78 is 61.7. The van der Waals surface area contributed by atoms with E-state index in [1.54, 1.807) is 4.72 Å². The lowest BCUT2D eigenvalue weighted by atomic mass is 10.1. The van der Waals surface area contributed by atoms with Crippen molar-refractivity contribution in [1.82, 2.24) is 19.4 Å². The minimum absolute atomic E-state index is 0.0340. The van der Waals surface area contributed by atoms with Gasteiger partial charge in [0.25, 0.3) is 10.0 Å². The van der Waals surface area contributed by atoms with Gasteiger partial charge in [0.2, 0.25) is 27.7 Å². The predicted molar refractivity (Wildman–Crippen MR) is 110 cm³/mol. The number of nitrogens with zero attached hydrogens (tertiary/aromatic N) is 2. The molecule has 1 heterocycles. The van der Waals surface area contributed by atoms with Gasteiger partial charge in [-0.25, -0.2) is 31.1 Å². The van der Waals surface area contributed by atoms with E-state index in [2.05, 4.69) is 20.0 Å². The molecule has 14 nitrogen and oxygen atoms in total. The molecule has 0 aliphatic heterocycles. The van der Waals surface area contributed by atoms with Crippen LogP contribution in [-0.2, 0) is 26.6 Å². The second-order valence-electron chi connectivity index (χ2n) is 6.18. The highest BCUT2D eigenvalue weighted by molar-refractivity contribution is 7.90. The number of hydrogen-bond acceptors (Lipinski definition) is 11. The second kappa shape index (κ2) is 10.0. The molecular formula is C16H21N5O9S2. The first-order chi connectivity index (χ1) is 14.8. The summed E-state index contributed by atoms with van der Waals surface area (Å²) in [5.74, 6) is -0.263. The highest BCUT2D eigenvalue weighted by Gasteiger charge is 2.25. The third-order valence-electron chi connectivity index (χ3n) is 3.73. The monoisotopic (exact) mass is 491 g/mol. The first kappa shape index (κ1) is 25.2. The van der Waals surface area contributed by atoms with Gasteiger partial charge in [-0.3, -0.25) is 5.32 Å². The van der Waals surface area contributed by atoms with Crippen molar-refractivity contribution in [3.05, 3.63) is 35.4 Å². The Hall–Kier alpha value is -3.05. The van der Waals surface area contributed by atoms with Crippen LogP contribution in [0.25, 0.3) is 0 Å². The molecule has 2 amide bonds. The smallest absolute Gasteiger partial charge is 0.335 e. The van der Waals surface area contributed by atoms with Crippen LogP contribution in [-0.4, -0.2) is 63.5 Å². The first-order valence-electron chi connectivity index (χ1n) is 8.59. The van der Waals surface area contributed by atoms with Gasteiger partial charge in [-0.05, 0) is 11.6 Å². The van der Waals surface area contributed by atoms with Crippen LogP contribution in [0.5, 0.6) is 11.8 Å². The SMILES string of the molecule is COc1cc(OC)nc(NC(=O)NS(=O)(=O)c2cc(CNS(C)(=O)=O)ccc2C(O)O)n1. The molecule has 0 atom stereocenters. The Labute approximate surface area is 183 Å². The summed E-state index contributed by atoms with van der Waals surface area (Å²) in [4.78, 5) is 19.2. The Morgan fingerprint density at radius 2 is 1.66 bits per heavy atom. The number of hydrogen-bond donors (Lipinski definition) is 5. The molecule has 0 fully saturated rings.